The molecule has 1 rings (SSSR count). The molecule has 14 heavy (non-hydrogen) atoms. The Balaban J connectivity index is 2.59. The lowest BCUT2D eigenvalue weighted by molar-refractivity contribution is -0.137. The minimum absolute atomic E-state index is 0.201. The lowest BCUT2D eigenvalue weighted by atomic mass is 10.0. The van der Waals surface area contributed by atoms with E-state index >= 15 is 0 Å². The number of nitrogens with one attached hydrogen (secondary N) is 1. The van der Waals surface area contributed by atoms with Crippen LogP contribution in [-0.2, 0) is 4.79 Å². The number of hydrogen-bond acceptors (Lipinski definition) is 2. The van der Waals surface area contributed by atoms with Gasteiger partial charge in [0.05, 0.1) is 5.54 Å². The minimum Gasteiger partial charge on any atom is -0.341 e. The Morgan fingerprint density at radius 1 is 1.36 bits per heavy atom. The quantitative estimate of drug-likeness (QED) is 0.743. The SMILES string of the molecule is CNC(C)(C)C(=O)N(C)C1CCCC1. The van der Waals surface area contributed by atoms with Crippen molar-refractivity contribution < 1.29 is 4.79 Å². The Labute approximate surface area is 86.9 Å². The molecule has 0 unspecified atom stereocenters. The van der Waals surface area contributed by atoms with Gasteiger partial charge in [0.15, 0.2) is 0 Å². The van der Waals surface area contributed by atoms with Gasteiger partial charge >= 0.3 is 0 Å². The summed E-state index contributed by atoms with van der Waals surface area (Å²) in [5, 5.41) is 3.05. The van der Waals surface area contributed by atoms with Crippen molar-refractivity contribution in [2.45, 2.75) is 51.1 Å². The monoisotopic (exact) mass is 198 g/mol. The fourth-order valence-electron chi connectivity index (χ4n) is 2.01. The topological polar surface area (TPSA) is 32.3 Å². The molecule has 0 saturated heterocycles. The van der Waals surface area contributed by atoms with Gasteiger partial charge in [-0.2, -0.15) is 0 Å². The van der Waals surface area contributed by atoms with Gasteiger partial charge in [0.25, 0.3) is 0 Å². The summed E-state index contributed by atoms with van der Waals surface area (Å²) in [6, 6.07) is 0.468. The van der Waals surface area contributed by atoms with E-state index in [9.17, 15) is 4.79 Å². The Morgan fingerprint density at radius 2 is 1.86 bits per heavy atom. The molecule has 1 saturated carbocycles. The third-order valence-corrected chi connectivity index (χ3v) is 3.35. The van der Waals surface area contributed by atoms with Crippen molar-refractivity contribution in [2.24, 2.45) is 0 Å². The highest BCUT2D eigenvalue weighted by atomic mass is 16.2. The highest BCUT2D eigenvalue weighted by Crippen LogP contribution is 2.24. The Hall–Kier alpha value is -0.570. The molecule has 0 bridgehead atoms. The molecule has 0 aromatic carbocycles. The zero-order chi connectivity index (χ0) is 10.8. The summed E-state index contributed by atoms with van der Waals surface area (Å²) in [7, 11) is 3.76. The first-order chi connectivity index (χ1) is 6.49. The summed E-state index contributed by atoms with van der Waals surface area (Å²) in [5.41, 5.74) is -0.433. The molecule has 3 nitrogen and oxygen atoms in total. The lowest BCUT2D eigenvalue weighted by Gasteiger charge is -2.32. The highest BCUT2D eigenvalue weighted by molar-refractivity contribution is 5.85. The molecule has 82 valence electrons. The van der Waals surface area contributed by atoms with Gasteiger partial charge in [-0.1, -0.05) is 12.8 Å². The van der Waals surface area contributed by atoms with Crippen LogP contribution >= 0.6 is 0 Å². The zero-order valence-corrected chi connectivity index (χ0v) is 9.76. The van der Waals surface area contributed by atoms with Gasteiger partial charge in [0.2, 0.25) is 5.91 Å². The highest BCUT2D eigenvalue weighted by Gasteiger charge is 2.32. The van der Waals surface area contributed by atoms with E-state index < -0.39 is 5.54 Å². The number of carbonyl (C=O) groups is 1. The first-order valence-electron chi connectivity index (χ1n) is 5.45. The summed E-state index contributed by atoms with van der Waals surface area (Å²) in [6.07, 6.45) is 4.87. The predicted octanol–water partition coefficient (Wildman–Crippen LogP) is 1.39. The summed E-state index contributed by atoms with van der Waals surface area (Å²) in [5.74, 6) is 0.201. The average Bonchev–Trinajstić information content (AvgIpc) is 2.68. The Bertz CT molecular complexity index is 207. The van der Waals surface area contributed by atoms with E-state index in [0.29, 0.717) is 6.04 Å². The van der Waals surface area contributed by atoms with Gasteiger partial charge in [-0.25, -0.2) is 0 Å². The molecule has 0 aromatic rings. The van der Waals surface area contributed by atoms with E-state index in [1.165, 1.54) is 25.7 Å². The van der Waals surface area contributed by atoms with Crippen LogP contribution in [0.4, 0.5) is 0 Å². The molecule has 1 amide bonds. The van der Waals surface area contributed by atoms with Crippen molar-refractivity contribution in [3.63, 3.8) is 0 Å². The van der Waals surface area contributed by atoms with E-state index in [-0.39, 0.29) is 5.91 Å². The van der Waals surface area contributed by atoms with Crippen LogP contribution in [0.5, 0.6) is 0 Å². The molecule has 0 aliphatic heterocycles. The molecular weight excluding hydrogens is 176 g/mol. The maximum absolute atomic E-state index is 12.0. The fraction of sp³-hybridized carbons (Fsp3) is 0.909. The Morgan fingerprint density at radius 3 is 2.29 bits per heavy atom. The van der Waals surface area contributed by atoms with Crippen molar-refractivity contribution >= 4 is 5.91 Å². The molecule has 0 radical (unpaired) electrons. The second kappa shape index (κ2) is 4.30. The van der Waals surface area contributed by atoms with Gasteiger partial charge in [-0.3, -0.25) is 4.79 Å². The molecule has 0 spiro atoms. The van der Waals surface area contributed by atoms with Gasteiger partial charge < -0.3 is 10.2 Å². The fourth-order valence-corrected chi connectivity index (χ4v) is 2.01. The average molecular weight is 198 g/mol. The van der Waals surface area contributed by atoms with E-state index in [4.69, 9.17) is 0 Å². The summed E-state index contributed by atoms with van der Waals surface area (Å²) >= 11 is 0. The predicted molar refractivity (Wildman–Crippen MR) is 58.2 cm³/mol. The van der Waals surface area contributed by atoms with Crippen molar-refractivity contribution in [3.05, 3.63) is 0 Å². The molecule has 3 heteroatoms. The van der Waals surface area contributed by atoms with Crippen molar-refractivity contribution in [2.75, 3.05) is 14.1 Å². The van der Waals surface area contributed by atoms with Crippen molar-refractivity contribution in [1.29, 1.82) is 0 Å². The van der Waals surface area contributed by atoms with Gasteiger partial charge in [0, 0.05) is 13.1 Å². The van der Waals surface area contributed by atoms with Crippen LogP contribution in [0.25, 0.3) is 0 Å². The van der Waals surface area contributed by atoms with E-state index in [0.717, 1.165) is 0 Å². The maximum Gasteiger partial charge on any atom is 0.242 e. The first-order valence-corrected chi connectivity index (χ1v) is 5.45. The second-order valence-corrected chi connectivity index (χ2v) is 4.73. The number of nitrogens with zero attached hydrogens (tertiary/aromatic N) is 1. The maximum atomic E-state index is 12.0. The van der Waals surface area contributed by atoms with E-state index in [1.807, 2.05) is 32.8 Å². The molecule has 1 fully saturated rings. The van der Waals surface area contributed by atoms with Gasteiger partial charge in [-0.15, -0.1) is 0 Å². The first kappa shape index (κ1) is 11.5. The van der Waals surface area contributed by atoms with Crippen LogP contribution in [-0.4, -0.2) is 36.5 Å². The molecule has 1 aliphatic rings. The number of hydrogen-bond donors (Lipinski definition) is 1. The van der Waals surface area contributed by atoms with Crippen LogP contribution < -0.4 is 5.32 Å². The lowest BCUT2D eigenvalue weighted by Crippen LogP contribution is -2.53. The van der Waals surface area contributed by atoms with E-state index in [1.54, 1.807) is 0 Å². The second-order valence-electron chi connectivity index (χ2n) is 4.73. The van der Waals surface area contributed by atoms with Crippen LogP contribution in [0.2, 0.25) is 0 Å². The standard InChI is InChI=1S/C11H22N2O/c1-11(2,12-3)10(14)13(4)9-7-5-6-8-9/h9,12H,5-8H2,1-4H3. The van der Waals surface area contributed by atoms with Gasteiger partial charge in [-0.05, 0) is 33.7 Å². The molecule has 1 N–H and O–H groups in total. The van der Waals surface area contributed by atoms with Crippen molar-refractivity contribution in [3.8, 4) is 0 Å². The zero-order valence-electron chi connectivity index (χ0n) is 9.76. The molecule has 0 aromatic heterocycles. The van der Waals surface area contributed by atoms with Crippen LogP contribution in [0.1, 0.15) is 39.5 Å². The molecule has 1 aliphatic carbocycles. The van der Waals surface area contributed by atoms with E-state index in [2.05, 4.69) is 5.32 Å². The largest absolute Gasteiger partial charge is 0.341 e. The number of amides is 1. The molecule has 0 atom stereocenters. The minimum atomic E-state index is -0.433. The van der Waals surface area contributed by atoms with Gasteiger partial charge in [0.1, 0.15) is 0 Å². The normalized spacial score (nSPS) is 18.6. The number of likely N-dealkylation sites (N-methyl/N-ethyl adjacent to an activating group) is 2. The third kappa shape index (κ3) is 2.27. The van der Waals surface area contributed by atoms with Crippen molar-refractivity contribution in [1.82, 2.24) is 10.2 Å². The molecular formula is C11H22N2O. The van der Waals surface area contributed by atoms with Crippen LogP contribution in [0, 0.1) is 0 Å². The third-order valence-electron chi connectivity index (χ3n) is 3.35. The van der Waals surface area contributed by atoms with Crippen LogP contribution in [0.15, 0.2) is 0 Å². The Kier molecular flexibility index (Phi) is 3.53. The van der Waals surface area contributed by atoms with Crippen LogP contribution in [0.3, 0.4) is 0 Å². The molecule has 0 heterocycles. The smallest absolute Gasteiger partial charge is 0.242 e. The summed E-state index contributed by atoms with van der Waals surface area (Å²) in [6.45, 7) is 3.86. The number of carbonyl (C=O) groups excluding carboxylic acids is 1. The summed E-state index contributed by atoms with van der Waals surface area (Å²) in [4.78, 5) is 14.0. The number of rotatable bonds is 3. The summed E-state index contributed by atoms with van der Waals surface area (Å²) < 4.78 is 0.